The van der Waals surface area contributed by atoms with Crippen LogP contribution in [0.3, 0.4) is 0 Å². The molecule has 2 nitrogen and oxygen atoms in total. The van der Waals surface area contributed by atoms with E-state index >= 15 is 0 Å². The number of hydrogen-bond donors (Lipinski definition) is 1. The molecule has 0 saturated carbocycles. The Morgan fingerprint density at radius 3 is 2.65 bits per heavy atom. The number of nitrogens with two attached hydrogens (primary N) is 1. The molecule has 5 heteroatoms. The molecule has 0 aliphatic rings. The topological polar surface area (TPSA) is 35.2 Å². The fourth-order valence-electron chi connectivity index (χ4n) is 1.81. The standard InChI is InChI=1S/C15H15F2NOS/c1-2-20-15-5-3-4-13(11(15)9-18)19-14-8-10(16)6-7-12(14)17/h3-8H,2,9,18H2,1H3. The van der Waals surface area contributed by atoms with Crippen molar-refractivity contribution in [1.82, 2.24) is 0 Å². The summed E-state index contributed by atoms with van der Waals surface area (Å²) in [7, 11) is 0. The number of ether oxygens (including phenoxy) is 1. The lowest BCUT2D eigenvalue weighted by Crippen LogP contribution is -2.02. The third kappa shape index (κ3) is 3.29. The van der Waals surface area contributed by atoms with Gasteiger partial charge in [-0.05, 0) is 30.0 Å². The summed E-state index contributed by atoms with van der Waals surface area (Å²) in [5.74, 6) is 0.0524. The molecule has 0 heterocycles. The smallest absolute Gasteiger partial charge is 0.165 e. The minimum atomic E-state index is -0.608. The summed E-state index contributed by atoms with van der Waals surface area (Å²) < 4.78 is 32.3. The van der Waals surface area contributed by atoms with E-state index in [4.69, 9.17) is 10.5 Å². The van der Waals surface area contributed by atoms with Crippen LogP contribution in [0.4, 0.5) is 8.78 Å². The Kier molecular flexibility index (Phi) is 4.98. The van der Waals surface area contributed by atoms with Gasteiger partial charge in [0, 0.05) is 23.1 Å². The van der Waals surface area contributed by atoms with Gasteiger partial charge in [-0.1, -0.05) is 13.0 Å². The Morgan fingerprint density at radius 2 is 1.95 bits per heavy atom. The van der Waals surface area contributed by atoms with Gasteiger partial charge in [-0.2, -0.15) is 0 Å². The highest BCUT2D eigenvalue weighted by molar-refractivity contribution is 7.99. The highest BCUT2D eigenvalue weighted by atomic mass is 32.2. The minimum Gasteiger partial charge on any atom is -0.454 e. The lowest BCUT2D eigenvalue weighted by atomic mass is 10.2. The number of rotatable bonds is 5. The van der Waals surface area contributed by atoms with E-state index in [0.717, 1.165) is 34.4 Å². The van der Waals surface area contributed by atoms with Crippen molar-refractivity contribution in [2.24, 2.45) is 5.73 Å². The van der Waals surface area contributed by atoms with Gasteiger partial charge in [0.2, 0.25) is 0 Å². The molecule has 0 saturated heterocycles. The van der Waals surface area contributed by atoms with Crippen molar-refractivity contribution in [1.29, 1.82) is 0 Å². The molecule has 2 aromatic carbocycles. The van der Waals surface area contributed by atoms with Crippen LogP contribution < -0.4 is 10.5 Å². The van der Waals surface area contributed by atoms with Gasteiger partial charge in [0.05, 0.1) is 0 Å². The van der Waals surface area contributed by atoms with Gasteiger partial charge in [-0.3, -0.25) is 0 Å². The van der Waals surface area contributed by atoms with Gasteiger partial charge in [0.15, 0.2) is 11.6 Å². The molecule has 0 spiro atoms. The molecule has 2 aromatic rings. The maximum Gasteiger partial charge on any atom is 0.165 e. The monoisotopic (exact) mass is 295 g/mol. The Hall–Kier alpha value is -1.59. The average Bonchev–Trinajstić information content (AvgIpc) is 2.43. The highest BCUT2D eigenvalue weighted by Gasteiger charge is 2.12. The van der Waals surface area contributed by atoms with Crippen LogP contribution in [0.2, 0.25) is 0 Å². The van der Waals surface area contributed by atoms with Crippen LogP contribution in [0, 0.1) is 11.6 Å². The third-order valence-corrected chi connectivity index (χ3v) is 3.69. The normalized spacial score (nSPS) is 10.6. The van der Waals surface area contributed by atoms with Crippen LogP contribution in [0.5, 0.6) is 11.5 Å². The predicted molar refractivity (Wildman–Crippen MR) is 77.2 cm³/mol. The van der Waals surface area contributed by atoms with E-state index in [2.05, 4.69) is 0 Å². The van der Waals surface area contributed by atoms with Crippen molar-refractivity contribution in [3.63, 3.8) is 0 Å². The molecule has 0 aliphatic heterocycles. The predicted octanol–water partition coefficient (Wildman–Crippen LogP) is 4.33. The molecular formula is C15H15F2NOS. The summed E-state index contributed by atoms with van der Waals surface area (Å²) in [4.78, 5) is 0.990. The van der Waals surface area contributed by atoms with Crippen LogP contribution in [0.25, 0.3) is 0 Å². The summed E-state index contributed by atoms with van der Waals surface area (Å²) in [6.45, 7) is 2.31. The second-order valence-electron chi connectivity index (χ2n) is 4.05. The van der Waals surface area contributed by atoms with E-state index in [9.17, 15) is 8.78 Å². The first-order valence-corrected chi connectivity index (χ1v) is 7.22. The molecular weight excluding hydrogens is 280 g/mol. The van der Waals surface area contributed by atoms with Gasteiger partial charge in [-0.25, -0.2) is 8.78 Å². The zero-order valence-electron chi connectivity index (χ0n) is 11.0. The Bertz CT molecular complexity index is 604. The lowest BCUT2D eigenvalue weighted by Gasteiger charge is -2.14. The summed E-state index contributed by atoms with van der Waals surface area (Å²) in [5.41, 5.74) is 6.54. The van der Waals surface area contributed by atoms with Crippen LogP contribution in [0.15, 0.2) is 41.3 Å². The molecule has 0 aromatic heterocycles. The van der Waals surface area contributed by atoms with Gasteiger partial charge in [0.1, 0.15) is 11.6 Å². The van der Waals surface area contributed by atoms with Crippen LogP contribution >= 0.6 is 11.8 Å². The van der Waals surface area contributed by atoms with Gasteiger partial charge < -0.3 is 10.5 Å². The van der Waals surface area contributed by atoms with Crippen molar-refractivity contribution in [2.45, 2.75) is 18.4 Å². The average molecular weight is 295 g/mol. The molecule has 0 bridgehead atoms. The van der Waals surface area contributed by atoms with E-state index in [1.807, 2.05) is 19.1 Å². The lowest BCUT2D eigenvalue weighted by molar-refractivity contribution is 0.431. The fourth-order valence-corrected chi connectivity index (χ4v) is 2.65. The minimum absolute atomic E-state index is 0.140. The van der Waals surface area contributed by atoms with E-state index in [1.54, 1.807) is 17.8 Å². The van der Waals surface area contributed by atoms with Crippen LogP contribution in [-0.2, 0) is 6.54 Å². The maximum atomic E-state index is 13.6. The Morgan fingerprint density at radius 1 is 1.15 bits per heavy atom. The fraction of sp³-hybridized carbons (Fsp3) is 0.200. The summed E-state index contributed by atoms with van der Waals surface area (Å²) >= 11 is 1.63. The quantitative estimate of drug-likeness (QED) is 0.834. The molecule has 2 N–H and O–H groups in total. The molecule has 0 amide bonds. The molecule has 0 aliphatic carbocycles. The Labute approximate surface area is 120 Å². The zero-order chi connectivity index (χ0) is 14.5. The van der Waals surface area contributed by atoms with E-state index in [-0.39, 0.29) is 12.3 Å². The van der Waals surface area contributed by atoms with Crippen molar-refractivity contribution >= 4 is 11.8 Å². The van der Waals surface area contributed by atoms with Gasteiger partial charge in [0.25, 0.3) is 0 Å². The van der Waals surface area contributed by atoms with Gasteiger partial charge >= 0.3 is 0 Å². The first-order valence-electron chi connectivity index (χ1n) is 6.23. The summed E-state index contributed by atoms with van der Waals surface area (Å²) in [6.07, 6.45) is 0. The van der Waals surface area contributed by atoms with Crippen molar-refractivity contribution in [2.75, 3.05) is 5.75 Å². The summed E-state index contributed by atoms with van der Waals surface area (Å²) in [6, 6.07) is 8.56. The first kappa shape index (κ1) is 14.8. The maximum absolute atomic E-state index is 13.6. The van der Waals surface area contributed by atoms with E-state index in [1.165, 1.54) is 0 Å². The van der Waals surface area contributed by atoms with E-state index < -0.39 is 11.6 Å². The number of thioether (sulfide) groups is 1. The zero-order valence-corrected chi connectivity index (χ0v) is 11.8. The van der Waals surface area contributed by atoms with Crippen molar-refractivity contribution in [3.8, 4) is 11.5 Å². The van der Waals surface area contributed by atoms with E-state index in [0.29, 0.717) is 5.75 Å². The number of halogens is 2. The number of hydrogen-bond acceptors (Lipinski definition) is 3. The first-order chi connectivity index (χ1) is 9.65. The molecule has 106 valence electrons. The van der Waals surface area contributed by atoms with Gasteiger partial charge in [-0.15, -0.1) is 11.8 Å². The Balaban J connectivity index is 2.37. The van der Waals surface area contributed by atoms with Crippen molar-refractivity contribution in [3.05, 3.63) is 53.6 Å². The second-order valence-corrected chi connectivity index (χ2v) is 5.35. The molecule has 20 heavy (non-hydrogen) atoms. The molecule has 0 fully saturated rings. The van der Waals surface area contributed by atoms with Crippen molar-refractivity contribution < 1.29 is 13.5 Å². The van der Waals surface area contributed by atoms with Crippen LogP contribution in [0.1, 0.15) is 12.5 Å². The highest BCUT2D eigenvalue weighted by Crippen LogP contribution is 2.33. The molecule has 0 radical (unpaired) electrons. The molecule has 0 unspecified atom stereocenters. The summed E-state index contributed by atoms with van der Waals surface area (Å²) in [5, 5.41) is 0. The molecule has 0 atom stereocenters. The molecule has 2 rings (SSSR count). The second kappa shape index (κ2) is 6.72. The SMILES string of the molecule is CCSc1cccc(Oc2cc(F)ccc2F)c1CN. The largest absolute Gasteiger partial charge is 0.454 e. The third-order valence-electron chi connectivity index (χ3n) is 2.71. The number of benzene rings is 2. The van der Waals surface area contributed by atoms with Crippen LogP contribution in [-0.4, -0.2) is 5.75 Å².